The minimum absolute atomic E-state index is 0.209. The number of aryl methyl sites for hydroxylation is 1. The molecular weight excluding hydrogens is 374 g/mol. The van der Waals surface area contributed by atoms with E-state index in [4.69, 9.17) is 0 Å². The molecule has 3 aromatic heterocycles. The van der Waals surface area contributed by atoms with Gasteiger partial charge in [-0.15, -0.1) is 0 Å². The summed E-state index contributed by atoms with van der Waals surface area (Å²) in [6.45, 7) is 5.72. The van der Waals surface area contributed by atoms with Gasteiger partial charge in [-0.1, -0.05) is 0 Å². The highest BCUT2D eigenvalue weighted by Crippen LogP contribution is 2.08. The van der Waals surface area contributed by atoms with Gasteiger partial charge in [-0.05, 0) is 35.8 Å². The fourth-order valence-corrected chi connectivity index (χ4v) is 2.70. The highest BCUT2D eigenvalue weighted by molar-refractivity contribution is 9.10. The Labute approximate surface area is 147 Å². The van der Waals surface area contributed by atoms with Crippen molar-refractivity contribution >= 4 is 21.8 Å². The van der Waals surface area contributed by atoms with Crippen LogP contribution in [-0.2, 0) is 19.8 Å². The first-order valence-corrected chi connectivity index (χ1v) is 8.37. The first-order chi connectivity index (χ1) is 11.6. The van der Waals surface area contributed by atoms with Crippen LogP contribution in [0, 0.1) is 6.92 Å². The molecule has 8 nitrogen and oxygen atoms in total. The zero-order chi connectivity index (χ0) is 17.1. The molecule has 0 bridgehead atoms. The van der Waals surface area contributed by atoms with Crippen molar-refractivity contribution in [1.82, 2.24) is 34.7 Å². The van der Waals surface area contributed by atoms with E-state index in [9.17, 15) is 4.79 Å². The topological polar surface area (TPSA) is 82.6 Å². The van der Waals surface area contributed by atoms with E-state index in [1.165, 1.54) is 0 Å². The van der Waals surface area contributed by atoms with Crippen molar-refractivity contribution in [2.24, 2.45) is 0 Å². The van der Waals surface area contributed by atoms with Gasteiger partial charge in [0.15, 0.2) is 0 Å². The predicted molar refractivity (Wildman–Crippen MR) is 91.4 cm³/mol. The van der Waals surface area contributed by atoms with Gasteiger partial charge in [0.05, 0.1) is 16.9 Å². The lowest BCUT2D eigenvalue weighted by Crippen LogP contribution is -2.24. The molecule has 3 heterocycles. The first kappa shape index (κ1) is 16.4. The second-order valence-electron chi connectivity index (χ2n) is 5.33. The minimum Gasteiger partial charge on any atom is -0.346 e. The Balaban J connectivity index is 1.60. The van der Waals surface area contributed by atoms with E-state index in [-0.39, 0.29) is 5.91 Å². The van der Waals surface area contributed by atoms with Crippen LogP contribution in [0.25, 0.3) is 0 Å². The molecule has 0 saturated heterocycles. The molecule has 0 aromatic carbocycles. The summed E-state index contributed by atoms with van der Waals surface area (Å²) in [6, 6.07) is 1.69. The lowest BCUT2D eigenvalue weighted by Gasteiger charge is -2.04. The Bertz CT molecular complexity index is 848. The second kappa shape index (κ2) is 7.00. The third kappa shape index (κ3) is 3.56. The van der Waals surface area contributed by atoms with Crippen molar-refractivity contribution in [3.8, 4) is 0 Å². The summed E-state index contributed by atoms with van der Waals surface area (Å²) in [7, 11) is 0. The Morgan fingerprint density at radius 2 is 2.12 bits per heavy atom. The van der Waals surface area contributed by atoms with E-state index in [2.05, 4.69) is 36.5 Å². The van der Waals surface area contributed by atoms with Gasteiger partial charge >= 0.3 is 0 Å². The quantitative estimate of drug-likeness (QED) is 0.694. The zero-order valence-corrected chi connectivity index (χ0v) is 15.1. The van der Waals surface area contributed by atoms with Gasteiger partial charge in [-0.25, -0.2) is 4.68 Å². The highest BCUT2D eigenvalue weighted by atomic mass is 79.9. The van der Waals surface area contributed by atoms with E-state index in [0.717, 1.165) is 22.3 Å². The lowest BCUT2D eigenvalue weighted by molar-refractivity contribution is 0.0945. The van der Waals surface area contributed by atoms with Crippen molar-refractivity contribution < 1.29 is 4.79 Å². The average molecular weight is 392 g/mol. The molecule has 0 atom stereocenters. The number of rotatable bonds is 6. The number of carbonyl (C=O) groups excluding carboxylic acids is 1. The Morgan fingerprint density at radius 1 is 1.29 bits per heavy atom. The molecule has 0 aliphatic carbocycles. The molecule has 9 heteroatoms. The summed E-state index contributed by atoms with van der Waals surface area (Å²) >= 11 is 3.35. The lowest BCUT2D eigenvalue weighted by atomic mass is 10.2. The summed E-state index contributed by atoms with van der Waals surface area (Å²) in [5, 5.41) is 15.6. The van der Waals surface area contributed by atoms with Crippen molar-refractivity contribution in [3.05, 3.63) is 52.3 Å². The predicted octanol–water partition coefficient (Wildman–Crippen LogP) is 1.80. The van der Waals surface area contributed by atoms with E-state index in [0.29, 0.717) is 18.9 Å². The summed E-state index contributed by atoms with van der Waals surface area (Å²) < 4.78 is 6.18. The summed E-state index contributed by atoms with van der Waals surface area (Å²) in [4.78, 5) is 12.2. The number of amides is 1. The van der Waals surface area contributed by atoms with Crippen molar-refractivity contribution in [1.29, 1.82) is 0 Å². The van der Waals surface area contributed by atoms with E-state index >= 15 is 0 Å². The number of carbonyl (C=O) groups is 1. The van der Waals surface area contributed by atoms with Gasteiger partial charge in [-0.2, -0.15) is 15.3 Å². The molecule has 0 unspecified atom stereocenters. The third-order valence-corrected chi connectivity index (χ3v) is 4.12. The SMILES string of the molecule is CCn1ncc(CNC(=O)c2ccn(Cn3cc(Br)cn3)n2)c1C. The Hall–Kier alpha value is -2.42. The molecule has 0 fully saturated rings. The monoisotopic (exact) mass is 391 g/mol. The van der Waals surface area contributed by atoms with Crippen LogP contribution in [0.3, 0.4) is 0 Å². The Morgan fingerprint density at radius 3 is 2.79 bits per heavy atom. The maximum atomic E-state index is 12.2. The van der Waals surface area contributed by atoms with Gasteiger partial charge in [0.25, 0.3) is 5.91 Å². The number of nitrogens with zero attached hydrogens (tertiary/aromatic N) is 6. The molecule has 0 radical (unpaired) electrons. The highest BCUT2D eigenvalue weighted by Gasteiger charge is 2.11. The molecule has 3 aromatic rings. The van der Waals surface area contributed by atoms with Crippen LogP contribution in [0.2, 0.25) is 0 Å². The number of nitrogens with one attached hydrogen (secondary N) is 1. The van der Waals surface area contributed by atoms with Crippen molar-refractivity contribution in [2.75, 3.05) is 0 Å². The first-order valence-electron chi connectivity index (χ1n) is 7.57. The van der Waals surface area contributed by atoms with Gasteiger partial charge in [-0.3, -0.25) is 14.2 Å². The number of aromatic nitrogens is 6. The fraction of sp³-hybridized carbons (Fsp3) is 0.333. The van der Waals surface area contributed by atoms with Crippen molar-refractivity contribution in [3.63, 3.8) is 0 Å². The molecule has 3 rings (SSSR count). The van der Waals surface area contributed by atoms with Crippen LogP contribution in [0.4, 0.5) is 0 Å². The van der Waals surface area contributed by atoms with Crippen LogP contribution >= 0.6 is 15.9 Å². The van der Waals surface area contributed by atoms with E-state index < -0.39 is 0 Å². The van der Waals surface area contributed by atoms with E-state index in [1.54, 1.807) is 34.0 Å². The van der Waals surface area contributed by atoms with Crippen LogP contribution in [0.5, 0.6) is 0 Å². The summed E-state index contributed by atoms with van der Waals surface area (Å²) in [6.07, 6.45) is 7.09. The second-order valence-corrected chi connectivity index (χ2v) is 6.25. The maximum absolute atomic E-state index is 12.2. The van der Waals surface area contributed by atoms with Crippen LogP contribution in [0.1, 0.15) is 28.7 Å². The number of hydrogen-bond donors (Lipinski definition) is 1. The molecule has 126 valence electrons. The number of halogens is 1. The normalized spacial score (nSPS) is 11.0. The largest absolute Gasteiger partial charge is 0.346 e. The zero-order valence-electron chi connectivity index (χ0n) is 13.5. The molecular formula is C15H18BrN7O. The maximum Gasteiger partial charge on any atom is 0.272 e. The van der Waals surface area contributed by atoms with Crippen LogP contribution in [0.15, 0.2) is 35.3 Å². The molecule has 0 spiro atoms. The minimum atomic E-state index is -0.209. The van der Waals surface area contributed by atoms with Gasteiger partial charge in [0.2, 0.25) is 0 Å². The van der Waals surface area contributed by atoms with Gasteiger partial charge in [0, 0.05) is 36.7 Å². The van der Waals surface area contributed by atoms with Gasteiger partial charge in [0.1, 0.15) is 12.4 Å². The van der Waals surface area contributed by atoms with Gasteiger partial charge < -0.3 is 5.32 Å². The van der Waals surface area contributed by atoms with E-state index in [1.807, 2.05) is 24.7 Å². The van der Waals surface area contributed by atoms with Crippen LogP contribution in [-0.4, -0.2) is 35.2 Å². The van der Waals surface area contributed by atoms with Crippen LogP contribution < -0.4 is 5.32 Å². The fourth-order valence-electron chi connectivity index (χ4n) is 2.37. The van der Waals surface area contributed by atoms with Crippen molar-refractivity contribution in [2.45, 2.75) is 33.6 Å². The third-order valence-electron chi connectivity index (χ3n) is 3.71. The average Bonchev–Trinajstić information content (AvgIpc) is 3.27. The number of hydrogen-bond acceptors (Lipinski definition) is 4. The molecule has 0 aliphatic rings. The summed E-state index contributed by atoms with van der Waals surface area (Å²) in [5.74, 6) is -0.209. The molecule has 24 heavy (non-hydrogen) atoms. The standard InChI is InChI=1S/C15H18BrN7O/c1-3-23-11(2)12(7-19-23)6-17-15(24)14-4-5-21(20-14)10-22-9-13(16)8-18-22/h4-5,7-9H,3,6,10H2,1-2H3,(H,17,24). The molecule has 0 aliphatic heterocycles. The molecule has 1 N–H and O–H groups in total. The Kier molecular flexibility index (Phi) is 4.79. The molecule has 1 amide bonds. The summed E-state index contributed by atoms with van der Waals surface area (Å²) in [5.41, 5.74) is 2.44. The molecule has 0 saturated carbocycles. The smallest absolute Gasteiger partial charge is 0.272 e.